The van der Waals surface area contributed by atoms with Gasteiger partial charge in [-0.3, -0.25) is 9.89 Å². The Morgan fingerprint density at radius 3 is 2.72 bits per heavy atom. The van der Waals surface area contributed by atoms with Crippen LogP contribution in [0.15, 0.2) is 52.9 Å². The van der Waals surface area contributed by atoms with E-state index >= 15 is 0 Å². The Labute approximate surface area is 147 Å². The number of aryl methyl sites for hydroxylation is 1. The SMILES string of the molecule is Cc1cc(C(=O)N/N=C/c2ccc(OC(=O)c3cccs3)cc2)n[nH]1. The number of carbonyl (C=O) groups excluding carboxylic acids is 2. The Balaban J connectivity index is 1.55. The van der Waals surface area contributed by atoms with Crippen LogP contribution in [0.2, 0.25) is 0 Å². The van der Waals surface area contributed by atoms with E-state index in [0.717, 1.165) is 11.3 Å². The average Bonchev–Trinajstić information content (AvgIpc) is 3.28. The minimum absolute atomic E-state index is 0.269. The third-order valence-corrected chi connectivity index (χ3v) is 3.98. The lowest BCUT2D eigenvalue weighted by Gasteiger charge is -2.02. The maximum atomic E-state index is 11.8. The van der Waals surface area contributed by atoms with E-state index in [4.69, 9.17) is 4.74 Å². The molecule has 2 N–H and O–H groups in total. The lowest BCUT2D eigenvalue weighted by atomic mass is 10.2. The van der Waals surface area contributed by atoms with Gasteiger partial charge >= 0.3 is 5.97 Å². The summed E-state index contributed by atoms with van der Waals surface area (Å²) in [4.78, 5) is 24.2. The third-order valence-electron chi connectivity index (χ3n) is 3.13. The monoisotopic (exact) mass is 354 g/mol. The Morgan fingerprint density at radius 2 is 2.08 bits per heavy atom. The lowest BCUT2D eigenvalue weighted by Crippen LogP contribution is -2.18. The molecule has 0 aliphatic heterocycles. The number of aromatic nitrogens is 2. The first-order valence-electron chi connectivity index (χ1n) is 7.33. The fourth-order valence-corrected chi connectivity index (χ4v) is 2.53. The number of thiophene rings is 1. The summed E-state index contributed by atoms with van der Waals surface area (Å²) in [6.45, 7) is 1.81. The molecule has 0 fully saturated rings. The fourth-order valence-electron chi connectivity index (χ4n) is 1.93. The molecule has 8 heteroatoms. The van der Waals surface area contributed by atoms with Crippen molar-refractivity contribution in [3.8, 4) is 5.75 Å². The van der Waals surface area contributed by atoms with Gasteiger partial charge in [-0.15, -0.1) is 11.3 Å². The van der Waals surface area contributed by atoms with Crippen molar-refractivity contribution in [3.63, 3.8) is 0 Å². The number of benzene rings is 1. The molecule has 126 valence electrons. The molecule has 0 aliphatic rings. The van der Waals surface area contributed by atoms with Crippen molar-refractivity contribution in [1.29, 1.82) is 0 Å². The Morgan fingerprint density at radius 1 is 1.28 bits per heavy atom. The van der Waals surface area contributed by atoms with Crippen molar-refractivity contribution in [1.82, 2.24) is 15.6 Å². The van der Waals surface area contributed by atoms with E-state index in [1.165, 1.54) is 17.6 Å². The number of ether oxygens (including phenoxy) is 1. The number of rotatable bonds is 5. The van der Waals surface area contributed by atoms with Crippen molar-refractivity contribution in [2.45, 2.75) is 6.92 Å². The van der Waals surface area contributed by atoms with Crippen molar-refractivity contribution >= 4 is 29.4 Å². The molecular weight excluding hydrogens is 340 g/mol. The molecule has 7 nitrogen and oxygen atoms in total. The molecule has 3 rings (SSSR count). The first-order valence-corrected chi connectivity index (χ1v) is 8.21. The number of carbonyl (C=O) groups is 2. The summed E-state index contributed by atoms with van der Waals surface area (Å²) >= 11 is 1.32. The molecule has 0 radical (unpaired) electrons. The number of aromatic amines is 1. The van der Waals surface area contributed by atoms with Crippen LogP contribution in [0.1, 0.15) is 31.4 Å². The summed E-state index contributed by atoms with van der Waals surface area (Å²) < 4.78 is 5.26. The zero-order chi connectivity index (χ0) is 17.6. The van der Waals surface area contributed by atoms with Crippen molar-refractivity contribution in [2.75, 3.05) is 0 Å². The lowest BCUT2D eigenvalue weighted by molar-refractivity contribution is 0.0739. The van der Waals surface area contributed by atoms with E-state index < -0.39 is 11.9 Å². The van der Waals surface area contributed by atoms with Gasteiger partial charge < -0.3 is 4.74 Å². The van der Waals surface area contributed by atoms with Crippen LogP contribution in [-0.4, -0.2) is 28.3 Å². The molecule has 2 heterocycles. The number of esters is 1. The Hall–Kier alpha value is -3.26. The molecule has 1 aromatic carbocycles. The van der Waals surface area contributed by atoms with Crippen LogP contribution in [0.4, 0.5) is 0 Å². The largest absolute Gasteiger partial charge is 0.422 e. The number of nitrogens with zero attached hydrogens (tertiary/aromatic N) is 2. The second kappa shape index (κ2) is 7.54. The summed E-state index contributed by atoms with van der Waals surface area (Å²) in [5.74, 6) is -0.355. The molecule has 0 atom stereocenters. The second-order valence-corrected chi connectivity index (χ2v) is 6.02. The number of H-pyrrole nitrogens is 1. The van der Waals surface area contributed by atoms with Crippen LogP contribution in [0, 0.1) is 6.92 Å². The molecular formula is C17H14N4O3S. The van der Waals surface area contributed by atoms with Crippen molar-refractivity contribution in [2.24, 2.45) is 5.10 Å². The van der Waals surface area contributed by atoms with E-state index in [1.807, 2.05) is 5.38 Å². The fraction of sp³-hybridized carbons (Fsp3) is 0.0588. The molecule has 0 saturated heterocycles. The number of hydrogen-bond donors (Lipinski definition) is 2. The highest BCUT2D eigenvalue weighted by molar-refractivity contribution is 7.12. The van der Waals surface area contributed by atoms with Crippen molar-refractivity contribution < 1.29 is 14.3 Å². The minimum Gasteiger partial charge on any atom is -0.422 e. The zero-order valence-corrected chi connectivity index (χ0v) is 14.0. The van der Waals surface area contributed by atoms with E-state index in [-0.39, 0.29) is 5.69 Å². The quantitative estimate of drug-likeness (QED) is 0.319. The zero-order valence-electron chi connectivity index (χ0n) is 13.2. The number of nitrogens with one attached hydrogen (secondary N) is 2. The molecule has 0 saturated carbocycles. The van der Waals surface area contributed by atoms with Gasteiger partial charge in [0.1, 0.15) is 10.6 Å². The van der Waals surface area contributed by atoms with E-state index in [9.17, 15) is 9.59 Å². The van der Waals surface area contributed by atoms with Crippen LogP contribution in [-0.2, 0) is 0 Å². The second-order valence-electron chi connectivity index (χ2n) is 5.07. The predicted octanol–water partition coefficient (Wildman–Crippen LogP) is 2.76. The Kier molecular flexibility index (Phi) is 5.00. The molecule has 0 unspecified atom stereocenters. The maximum Gasteiger partial charge on any atom is 0.353 e. The van der Waals surface area contributed by atoms with Gasteiger partial charge in [-0.2, -0.15) is 10.2 Å². The first kappa shape index (κ1) is 16.6. The summed E-state index contributed by atoms with van der Waals surface area (Å²) in [5.41, 5.74) is 4.20. The van der Waals surface area contributed by atoms with Crippen LogP contribution in [0.5, 0.6) is 5.75 Å². The molecule has 2 aromatic heterocycles. The van der Waals surface area contributed by atoms with Gasteiger partial charge in [0, 0.05) is 5.69 Å². The maximum absolute atomic E-state index is 11.8. The minimum atomic E-state index is -0.401. The topological polar surface area (TPSA) is 96.4 Å². The average molecular weight is 354 g/mol. The van der Waals surface area contributed by atoms with Crippen LogP contribution in [0.25, 0.3) is 0 Å². The predicted molar refractivity (Wildman–Crippen MR) is 94.1 cm³/mol. The summed E-state index contributed by atoms with van der Waals surface area (Å²) in [6.07, 6.45) is 1.49. The Bertz CT molecular complexity index is 898. The number of hydrogen-bond acceptors (Lipinski definition) is 6. The smallest absolute Gasteiger partial charge is 0.353 e. The van der Waals surface area contributed by atoms with Gasteiger partial charge in [0.2, 0.25) is 0 Å². The summed E-state index contributed by atoms with van der Waals surface area (Å²) in [5, 5.41) is 12.2. The van der Waals surface area contributed by atoms with E-state index in [0.29, 0.717) is 10.6 Å². The van der Waals surface area contributed by atoms with Crippen LogP contribution < -0.4 is 10.2 Å². The van der Waals surface area contributed by atoms with E-state index in [1.54, 1.807) is 49.4 Å². The molecule has 0 aliphatic carbocycles. The van der Waals surface area contributed by atoms with Gasteiger partial charge in [0.15, 0.2) is 5.69 Å². The summed E-state index contributed by atoms with van der Waals surface area (Å²) in [7, 11) is 0. The molecule has 25 heavy (non-hydrogen) atoms. The van der Waals surface area contributed by atoms with Crippen LogP contribution in [0.3, 0.4) is 0 Å². The first-order chi connectivity index (χ1) is 12.1. The number of amides is 1. The molecule has 1 amide bonds. The van der Waals surface area contributed by atoms with E-state index in [2.05, 4.69) is 20.7 Å². The van der Waals surface area contributed by atoms with Crippen molar-refractivity contribution in [3.05, 3.63) is 69.7 Å². The highest BCUT2D eigenvalue weighted by Crippen LogP contribution is 2.16. The molecule has 3 aromatic rings. The third kappa shape index (κ3) is 4.39. The highest BCUT2D eigenvalue weighted by atomic mass is 32.1. The van der Waals surface area contributed by atoms with Gasteiger partial charge in [0.05, 0.1) is 6.21 Å². The van der Waals surface area contributed by atoms with Gasteiger partial charge in [-0.05, 0) is 54.3 Å². The van der Waals surface area contributed by atoms with Gasteiger partial charge in [-0.25, -0.2) is 10.2 Å². The number of hydrazone groups is 1. The molecule has 0 spiro atoms. The standard InChI is InChI=1S/C17H14N4O3S/c1-11-9-14(20-19-11)16(22)21-18-10-12-4-6-13(7-5-12)24-17(23)15-3-2-8-25-15/h2-10H,1H3,(H,19,20)(H,21,22)/b18-10+. The van der Waals surface area contributed by atoms with Gasteiger partial charge in [-0.1, -0.05) is 6.07 Å². The highest BCUT2D eigenvalue weighted by Gasteiger charge is 2.09. The van der Waals surface area contributed by atoms with Gasteiger partial charge in [0.25, 0.3) is 5.91 Å². The molecule has 0 bridgehead atoms. The normalized spacial score (nSPS) is 10.8. The van der Waals surface area contributed by atoms with Crippen LogP contribution >= 0.6 is 11.3 Å². The summed E-state index contributed by atoms with van der Waals surface area (Å²) in [6, 6.07) is 11.9.